The zero-order valence-corrected chi connectivity index (χ0v) is 6.49. The molecule has 0 aromatic heterocycles. The molecule has 0 radical (unpaired) electrons. The van der Waals surface area contributed by atoms with Crippen LogP contribution in [0.2, 0.25) is 0 Å². The lowest BCUT2D eigenvalue weighted by Crippen LogP contribution is -1.79. The standard InChI is InChI=1S/C2H6O2S3/c1-5-7(3,4)6-2/h1-2H3. The molecule has 0 aliphatic carbocycles. The van der Waals surface area contributed by atoms with Gasteiger partial charge < -0.3 is 0 Å². The van der Waals surface area contributed by atoms with Gasteiger partial charge in [-0.05, 0) is 34.1 Å². The summed E-state index contributed by atoms with van der Waals surface area (Å²) in [6.45, 7) is 0. The fourth-order valence-electron chi connectivity index (χ4n) is 0.0680. The van der Waals surface area contributed by atoms with Gasteiger partial charge in [0.1, 0.15) is 0 Å². The lowest BCUT2D eigenvalue weighted by atomic mass is 12.0. The van der Waals surface area contributed by atoms with Crippen molar-refractivity contribution in [2.75, 3.05) is 12.5 Å². The molecule has 7 heavy (non-hydrogen) atoms. The highest BCUT2D eigenvalue weighted by Crippen LogP contribution is 2.19. The zero-order valence-electron chi connectivity index (χ0n) is 4.04. The van der Waals surface area contributed by atoms with Gasteiger partial charge in [0.15, 0.2) is 0 Å². The highest BCUT2D eigenvalue weighted by Gasteiger charge is 2.01. The van der Waals surface area contributed by atoms with Crippen LogP contribution in [0.1, 0.15) is 0 Å². The van der Waals surface area contributed by atoms with E-state index < -0.39 is 7.90 Å². The van der Waals surface area contributed by atoms with Crippen LogP contribution in [0.25, 0.3) is 0 Å². The van der Waals surface area contributed by atoms with Crippen LogP contribution in [0.3, 0.4) is 0 Å². The van der Waals surface area contributed by atoms with Gasteiger partial charge in [0.2, 0.25) is 0 Å². The van der Waals surface area contributed by atoms with E-state index in [1.54, 1.807) is 12.5 Å². The SMILES string of the molecule is CSS(=O)(=O)SC. The third-order valence-corrected chi connectivity index (χ3v) is 6.12. The first kappa shape index (κ1) is 7.65. The normalized spacial score (nSPS) is 11.7. The summed E-state index contributed by atoms with van der Waals surface area (Å²) in [4.78, 5) is 0. The third kappa shape index (κ3) is 3.25. The van der Waals surface area contributed by atoms with Crippen molar-refractivity contribution in [1.29, 1.82) is 0 Å². The fourth-order valence-corrected chi connectivity index (χ4v) is 1.84. The molecule has 0 atom stereocenters. The van der Waals surface area contributed by atoms with Crippen LogP contribution < -0.4 is 0 Å². The summed E-state index contributed by atoms with van der Waals surface area (Å²) in [5.41, 5.74) is 0. The van der Waals surface area contributed by atoms with Crippen LogP contribution in [0.15, 0.2) is 0 Å². The molecular weight excluding hydrogens is 152 g/mol. The van der Waals surface area contributed by atoms with Gasteiger partial charge in [-0.25, -0.2) is 8.42 Å². The highest BCUT2D eigenvalue weighted by molar-refractivity contribution is 9.04. The maximum atomic E-state index is 10.3. The van der Waals surface area contributed by atoms with Crippen LogP contribution in [0.4, 0.5) is 0 Å². The Kier molecular flexibility index (Phi) is 3.10. The molecular formula is C2H6O2S3. The first-order valence-electron chi connectivity index (χ1n) is 1.48. The predicted molar refractivity (Wildman–Crippen MR) is 35.9 cm³/mol. The molecule has 2 nitrogen and oxygen atoms in total. The Morgan fingerprint density at radius 2 is 1.43 bits per heavy atom. The first-order valence-corrected chi connectivity index (χ1v) is 6.45. The monoisotopic (exact) mass is 158 g/mol. The number of hydrogen-bond donors (Lipinski definition) is 0. The average molecular weight is 158 g/mol. The van der Waals surface area contributed by atoms with Gasteiger partial charge in [0.25, 0.3) is 7.90 Å². The maximum Gasteiger partial charge on any atom is 0.253 e. The average Bonchev–Trinajstić information content (AvgIpc) is 1.68. The van der Waals surface area contributed by atoms with E-state index in [4.69, 9.17) is 0 Å². The van der Waals surface area contributed by atoms with E-state index in [2.05, 4.69) is 0 Å². The molecule has 0 unspecified atom stereocenters. The molecule has 0 rings (SSSR count). The molecule has 0 heterocycles. The second-order valence-electron chi connectivity index (χ2n) is 0.742. The van der Waals surface area contributed by atoms with Gasteiger partial charge in [-0.15, -0.1) is 0 Å². The van der Waals surface area contributed by atoms with E-state index in [-0.39, 0.29) is 0 Å². The zero-order chi connectivity index (χ0) is 5.91. The molecule has 44 valence electrons. The largest absolute Gasteiger partial charge is 0.253 e. The Labute approximate surface area is 50.8 Å². The van der Waals surface area contributed by atoms with Crippen molar-refractivity contribution in [3.05, 3.63) is 0 Å². The number of hydrogen-bond acceptors (Lipinski definition) is 4. The van der Waals surface area contributed by atoms with E-state index in [0.29, 0.717) is 0 Å². The van der Waals surface area contributed by atoms with Crippen LogP contribution in [-0.4, -0.2) is 20.9 Å². The molecule has 0 aliphatic rings. The van der Waals surface area contributed by atoms with Crippen molar-refractivity contribution in [2.24, 2.45) is 0 Å². The van der Waals surface area contributed by atoms with Gasteiger partial charge in [0.05, 0.1) is 0 Å². The quantitative estimate of drug-likeness (QED) is 0.560. The molecule has 0 aromatic carbocycles. The van der Waals surface area contributed by atoms with E-state index in [0.717, 1.165) is 21.6 Å². The van der Waals surface area contributed by atoms with E-state index in [1.807, 2.05) is 0 Å². The van der Waals surface area contributed by atoms with Gasteiger partial charge in [-0.1, -0.05) is 0 Å². The Morgan fingerprint density at radius 1 is 1.14 bits per heavy atom. The van der Waals surface area contributed by atoms with Crippen molar-refractivity contribution in [3.8, 4) is 0 Å². The van der Waals surface area contributed by atoms with Crippen LogP contribution in [0, 0.1) is 0 Å². The minimum atomic E-state index is -2.82. The molecule has 0 spiro atoms. The molecule has 0 amide bonds. The number of rotatable bonds is 2. The second kappa shape index (κ2) is 2.84. The maximum absolute atomic E-state index is 10.3. The van der Waals surface area contributed by atoms with Crippen molar-refractivity contribution in [1.82, 2.24) is 0 Å². The van der Waals surface area contributed by atoms with E-state index in [9.17, 15) is 8.42 Å². The Bertz CT molecular complexity index is 114. The fraction of sp³-hybridized carbons (Fsp3) is 1.00. The molecule has 5 heteroatoms. The molecule has 0 saturated heterocycles. The molecule has 0 aromatic rings. The molecule has 0 fully saturated rings. The topological polar surface area (TPSA) is 34.1 Å². The highest BCUT2D eigenvalue weighted by atomic mass is 33.5. The molecule has 0 aliphatic heterocycles. The van der Waals surface area contributed by atoms with Crippen LogP contribution in [-0.2, 0) is 7.90 Å². The second-order valence-corrected chi connectivity index (χ2v) is 7.49. The molecule has 0 bridgehead atoms. The Morgan fingerprint density at radius 3 is 1.43 bits per heavy atom. The minimum absolute atomic E-state index is 0.862. The molecule has 0 N–H and O–H groups in total. The van der Waals surface area contributed by atoms with Crippen molar-refractivity contribution in [3.63, 3.8) is 0 Å². The van der Waals surface area contributed by atoms with Crippen molar-refractivity contribution >= 4 is 29.5 Å². The summed E-state index contributed by atoms with van der Waals surface area (Å²) < 4.78 is 20.6. The lowest BCUT2D eigenvalue weighted by Gasteiger charge is -1.87. The van der Waals surface area contributed by atoms with Crippen molar-refractivity contribution < 1.29 is 8.42 Å². The van der Waals surface area contributed by atoms with Crippen LogP contribution >= 0.6 is 21.6 Å². The summed E-state index contributed by atoms with van der Waals surface area (Å²) in [6, 6.07) is 0. The van der Waals surface area contributed by atoms with Crippen molar-refractivity contribution in [2.45, 2.75) is 0 Å². The first-order chi connectivity index (χ1) is 3.12. The van der Waals surface area contributed by atoms with Gasteiger partial charge in [0, 0.05) is 0 Å². The summed E-state index contributed by atoms with van der Waals surface area (Å²) in [6.07, 6.45) is 3.09. The molecule has 0 saturated carbocycles. The van der Waals surface area contributed by atoms with Gasteiger partial charge >= 0.3 is 0 Å². The minimum Gasteiger partial charge on any atom is -0.206 e. The summed E-state index contributed by atoms with van der Waals surface area (Å²) in [5, 5.41) is 0. The van der Waals surface area contributed by atoms with Crippen LogP contribution in [0.5, 0.6) is 0 Å². The Hall–Kier alpha value is 0.650. The Balaban J connectivity index is 3.89. The van der Waals surface area contributed by atoms with E-state index >= 15 is 0 Å². The smallest absolute Gasteiger partial charge is 0.206 e. The third-order valence-electron chi connectivity index (χ3n) is 0.408. The predicted octanol–water partition coefficient (Wildman–Crippen LogP) is 0.957. The summed E-state index contributed by atoms with van der Waals surface area (Å²) in [7, 11) is -1.10. The van der Waals surface area contributed by atoms with E-state index in [1.165, 1.54) is 0 Å². The van der Waals surface area contributed by atoms with Gasteiger partial charge in [-0.2, -0.15) is 0 Å². The van der Waals surface area contributed by atoms with Gasteiger partial charge in [-0.3, -0.25) is 0 Å². The lowest BCUT2D eigenvalue weighted by molar-refractivity contribution is 0.623. The summed E-state index contributed by atoms with van der Waals surface area (Å²) in [5.74, 6) is 0. The summed E-state index contributed by atoms with van der Waals surface area (Å²) >= 11 is 0.